The van der Waals surface area contributed by atoms with Gasteiger partial charge < -0.3 is 30.3 Å². The molecule has 0 bridgehead atoms. The van der Waals surface area contributed by atoms with E-state index in [4.69, 9.17) is 15.9 Å². The minimum absolute atomic E-state index is 0.0486. The van der Waals surface area contributed by atoms with Crippen molar-refractivity contribution in [3.8, 4) is 35.5 Å². The summed E-state index contributed by atoms with van der Waals surface area (Å²) in [5.74, 6) is -0.683. The van der Waals surface area contributed by atoms with E-state index in [0.717, 1.165) is 0 Å². The summed E-state index contributed by atoms with van der Waals surface area (Å²) in [6.07, 6.45) is 15.3. The van der Waals surface area contributed by atoms with Gasteiger partial charge in [-0.25, -0.2) is 19.6 Å². The number of anilines is 2. The van der Waals surface area contributed by atoms with Crippen LogP contribution in [0.4, 0.5) is 11.4 Å². The lowest BCUT2D eigenvalue weighted by Crippen LogP contribution is -2.18. The normalized spacial score (nSPS) is 10.6. The molecule has 2 amide bonds. The van der Waals surface area contributed by atoms with E-state index in [1.807, 2.05) is 0 Å². The van der Waals surface area contributed by atoms with Crippen molar-refractivity contribution < 1.29 is 38.9 Å². The highest BCUT2D eigenvalue weighted by atomic mass is 16.5. The van der Waals surface area contributed by atoms with Crippen LogP contribution in [-0.4, -0.2) is 87.2 Å². The Balaban J connectivity index is 1.18. The quantitative estimate of drug-likeness (QED) is 0.126. The SMILES string of the molecule is C#Cc1cc(NC(=O)c2ccc(-n3ccnc3)nn2)c(C(=O)O)cc1CCOc1cc(NC(=O)c2ccc(-n3ccnc3)nn2)c(C(=O)O)cc1OC. The molecule has 4 N–H and O–H groups in total. The van der Waals surface area contributed by atoms with Gasteiger partial charge in [0.1, 0.15) is 12.7 Å². The first-order valence-electron chi connectivity index (χ1n) is 15.4. The molecule has 0 atom stereocenters. The van der Waals surface area contributed by atoms with Crippen LogP contribution in [0.5, 0.6) is 11.5 Å². The zero-order valence-corrected chi connectivity index (χ0v) is 27.5. The Morgan fingerprint density at radius 3 is 1.75 bits per heavy atom. The number of rotatable bonds is 13. The standard InChI is InChI=1S/C35H26N10O8/c1-3-20-15-26(38-32(46)24-4-6-30(42-40-24)44-11-9-36-18-44)22(34(48)49)14-21(20)8-13-53-29-17-27(23(35(50)51)16-28(29)52-2)39-33(47)25-5-7-31(43-41-25)45-12-10-37-19-45/h1,4-7,9-12,14-19H,8,13H2,2H3,(H,38,46)(H,39,47)(H,48,49)(H,50,51). The smallest absolute Gasteiger partial charge is 0.337 e. The second kappa shape index (κ2) is 15.3. The molecule has 18 nitrogen and oxygen atoms in total. The zero-order chi connectivity index (χ0) is 37.5. The van der Waals surface area contributed by atoms with Gasteiger partial charge in [-0.2, -0.15) is 0 Å². The Kier molecular flexibility index (Phi) is 10.1. The first-order valence-corrected chi connectivity index (χ1v) is 15.4. The Bertz CT molecular complexity index is 2350. The first kappa shape index (κ1) is 34.9. The first-order chi connectivity index (χ1) is 25.6. The van der Waals surface area contributed by atoms with Crippen molar-refractivity contribution >= 4 is 35.1 Å². The highest BCUT2D eigenvalue weighted by molar-refractivity contribution is 6.08. The van der Waals surface area contributed by atoms with E-state index in [0.29, 0.717) is 17.2 Å². The van der Waals surface area contributed by atoms with Crippen LogP contribution in [-0.2, 0) is 6.42 Å². The summed E-state index contributed by atoms with van der Waals surface area (Å²) in [6, 6.07) is 11.1. The van der Waals surface area contributed by atoms with Gasteiger partial charge in [0, 0.05) is 48.9 Å². The van der Waals surface area contributed by atoms with Crippen molar-refractivity contribution in [1.29, 1.82) is 0 Å². The summed E-state index contributed by atoms with van der Waals surface area (Å²) in [7, 11) is 1.31. The molecule has 0 aliphatic heterocycles. The van der Waals surface area contributed by atoms with E-state index in [1.165, 1.54) is 56.2 Å². The van der Waals surface area contributed by atoms with E-state index in [9.17, 15) is 29.4 Å². The number of carboxylic acid groups (broad SMARTS) is 2. The third-order valence-corrected chi connectivity index (χ3v) is 7.59. The number of terminal acetylenes is 1. The second-order valence-corrected chi connectivity index (χ2v) is 10.9. The minimum Gasteiger partial charge on any atom is -0.493 e. The highest BCUT2D eigenvalue weighted by Crippen LogP contribution is 2.34. The Morgan fingerprint density at radius 1 is 0.755 bits per heavy atom. The fourth-order valence-corrected chi connectivity index (χ4v) is 4.98. The number of imidazole rings is 2. The molecule has 0 fully saturated rings. The van der Waals surface area contributed by atoms with Crippen molar-refractivity contribution in [2.75, 3.05) is 24.4 Å². The lowest BCUT2D eigenvalue weighted by molar-refractivity contribution is 0.0686. The van der Waals surface area contributed by atoms with Gasteiger partial charge >= 0.3 is 11.9 Å². The number of carbonyl (C=O) groups excluding carboxylic acids is 2. The van der Waals surface area contributed by atoms with Gasteiger partial charge in [0.15, 0.2) is 34.5 Å². The van der Waals surface area contributed by atoms with E-state index >= 15 is 0 Å². The number of benzene rings is 2. The molecule has 6 rings (SSSR count). The van der Waals surface area contributed by atoms with Crippen LogP contribution < -0.4 is 20.1 Å². The van der Waals surface area contributed by atoms with Crippen LogP contribution in [0.2, 0.25) is 0 Å². The molecular weight excluding hydrogens is 688 g/mol. The van der Waals surface area contributed by atoms with Crippen LogP contribution in [0.3, 0.4) is 0 Å². The molecule has 0 aliphatic carbocycles. The number of nitrogens with one attached hydrogen (secondary N) is 2. The molecule has 53 heavy (non-hydrogen) atoms. The number of hydrogen-bond donors (Lipinski definition) is 4. The number of nitrogens with zero attached hydrogens (tertiary/aromatic N) is 8. The van der Waals surface area contributed by atoms with Crippen molar-refractivity contribution in [2.24, 2.45) is 0 Å². The molecule has 0 saturated carbocycles. The molecule has 0 spiro atoms. The van der Waals surface area contributed by atoms with Gasteiger partial charge in [0.05, 0.1) is 36.2 Å². The summed E-state index contributed by atoms with van der Waals surface area (Å²) in [5, 5.41) is 40.8. The van der Waals surface area contributed by atoms with E-state index < -0.39 is 23.8 Å². The third-order valence-electron chi connectivity index (χ3n) is 7.59. The zero-order valence-electron chi connectivity index (χ0n) is 27.5. The minimum atomic E-state index is -1.35. The molecule has 18 heteroatoms. The Labute approximate surface area is 299 Å². The Morgan fingerprint density at radius 2 is 1.30 bits per heavy atom. The molecule has 4 aromatic heterocycles. The fraction of sp³-hybridized carbons (Fsp3) is 0.0857. The van der Waals surface area contributed by atoms with Gasteiger partial charge in [-0.1, -0.05) is 5.92 Å². The van der Waals surface area contributed by atoms with E-state index in [1.54, 1.807) is 46.1 Å². The number of carbonyl (C=O) groups is 4. The lowest BCUT2D eigenvalue weighted by Gasteiger charge is -2.16. The van der Waals surface area contributed by atoms with Crippen molar-refractivity contribution in [3.63, 3.8) is 0 Å². The summed E-state index contributed by atoms with van der Waals surface area (Å²) < 4.78 is 14.5. The van der Waals surface area contributed by atoms with Crippen molar-refractivity contribution in [1.82, 2.24) is 39.5 Å². The number of carboxylic acids is 2. The predicted octanol–water partition coefficient (Wildman–Crippen LogP) is 3.15. The molecule has 0 unspecified atom stereocenters. The number of methoxy groups -OCH3 is 1. The summed E-state index contributed by atoms with van der Waals surface area (Å²) in [6.45, 7) is -0.0876. The number of aromatic nitrogens is 8. The number of hydrogen-bond acceptors (Lipinski definition) is 12. The maximum absolute atomic E-state index is 13.0. The number of ether oxygens (including phenoxy) is 2. The van der Waals surface area contributed by atoms with E-state index in [2.05, 4.69) is 46.9 Å². The summed E-state index contributed by atoms with van der Waals surface area (Å²) in [5.41, 5.74) is -0.189. The molecule has 6 aromatic rings. The Hall–Kier alpha value is -7.94. The van der Waals surface area contributed by atoms with Crippen LogP contribution in [0.1, 0.15) is 52.8 Å². The van der Waals surface area contributed by atoms with Gasteiger partial charge in [0.2, 0.25) is 0 Å². The van der Waals surface area contributed by atoms with Crippen LogP contribution in [0.25, 0.3) is 11.6 Å². The molecule has 0 aliphatic rings. The lowest BCUT2D eigenvalue weighted by atomic mass is 9.99. The molecule has 264 valence electrons. The van der Waals surface area contributed by atoms with E-state index in [-0.39, 0.29) is 64.0 Å². The summed E-state index contributed by atoms with van der Waals surface area (Å²) >= 11 is 0. The highest BCUT2D eigenvalue weighted by Gasteiger charge is 2.22. The molecule has 4 heterocycles. The van der Waals surface area contributed by atoms with Gasteiger partial charge in [-0.15, -0.1) is 26.8 Å². The molecule has 0 saturated heterocycles. The second-order valence-electron chi connectivity index (χ2n) is 10.9. The predicted molar refractivity (Wildman–Crippen MR) is 185 cm³/mol. The van der Waals surface area contributed by atoms with Gasteiger partial charge in [0.25, 0.3) is 11.8 Å². The number of aromatic carboxylic acids is 2. The third kappa shape index (κ3) is 7.79. The molecule has 2 aromatic carbocycles. The maximum atomic E-state index is 13.0. The average molecular weight is 715 g/mol. The van der Waals surface area contributed by atoms with Crippen LogP contribution in [0.15, 0.2) is 86.0 Å². The van der Waals surface area contributed by atoms with Gasteiger partial charge in [-0.3, -0.25) is 18.7 Å². The number of amides is 2. The van der Waals surface area contributed by atoms with Crippen molar-refractivity contribution in [3.05, 3.63) is 120 Å². The maximum Gasteiger partial charge on any atom is 0.337 e. The summed E-state index contributed by atoms with van der Waals surface area (Å²) in [4.78, 5) is 58.2. The van der Waals surface area contributed by atoms with Crippen LogP contribution >= 0.6 is 0 Å². The monoisotopic (exact) mass is 714 g/mol. The molecular formula is C35H26N10O8. The largest absolute Gasteiger partial charge is 0.493 e. The fourth-order valence-electron chi connectivity index (χ4n) is 4.98. The average Bonchev–Trinajstić information content (AvgIpc) is 3.91. The topological polar surface area (TPSA) is 238 Å². The van der Waals surface area contributed by atoms with Crippen LogP contribution in [0, 0.1) is 12.3 Å². The van der Waals surface area contributed by atoms with Crippen molar-refractivity contribution in [2.45, 2.75) is 6.42 Å². The van der Waals surface area contributed by atoms with Gasteiger partial charge in [-0.05, 0) is 42.0 Å². The molecule has 0 radical (unpaired) electrons.